The Morgan fingerprint density at radius 1 is 1.50 bits per heavy atom. The van der Waals surface area contributed by atoms with E-state index in [2.05, 4.69) is 9.97 Å². The Morgan fingerprint density at radius 3 is 3.00 bits per heavy atom. The van der Waals surface area contributed by atoms with E-state index < -0.39 is 4.92 Å². The summed E-state index contributed by atoms with van der Waals surface area (Å²) in [6.45, 7) is 2.59. The number of nitrogens with zero attached hydrogens (tertiary/aromatic N) is 4. The fourth-order valence-corrected chi connectivity index (χ4v) is 1.45. The van der Waals surface area contributed by atoms with Crippen LogP contribution in [0.5, 0.6) is 5.75 Å². The minimum atomic E-state index is -0.542. The van der Waals surface area contributed by atoms with Gasteiger partial charge in [-0.2, -0.15) is 0 Å². The maximum Gasteiger partial charge on any atom is 0.406 e. The summed E-state index contributed by atoms with van der Waals surface area (Å²) >= 11 is 0. The topological polar surface area (TPSA) is 83.1 Å². The summed E-state index contributed by atoms with van der Waals surface area (Å²) in [5.74, 6) is -0.0636. The molecule has 2 aromatic heterocycles. The van der Waals surface area contributed by atoms with E-state index in [0.29, 0.717) is 18.8 Å². The van der Waals surface area contributed by atoms with Gasteiger partial charge in [-0.25, -0.2) is 4.98 Å². The third-order valence-electron chi connectivity index (χ3n) is 2.32. The summed E-state index contributed by atoms with van der Waals surface area (Å²) in [7, 11) is 0. The molecule has 0 unspecified atom stereocenters. The van der Waals surface area contributed by atoms with Crippen molar-refractivity contribution >= 4 is 5.82 Å². The highest BCUT2D eigenvalue weighted by atomic mass is 16.6. The Kier molecular flexibility index (Phi) is 3.52. The summed E-state index contributed by atoms with van der Waals surface area (Å²) < 4.78 is 7.20. The van der Waals surface area contributed by atoms with Crippen molar-refractivity contribution in [2.75, 3.05) is 6.61 Å². The highest BCUT2D eigenvalue weighted by Crippen LogP contribution is 2.24. The standard InChI is InChI=1S/C11H12N4O3/c1-9-2-3-10(11(13-9)15(16)17)18-7-6-14-5-4-12-8-14/h2-5,8H,6-7H2,1H3. The lowest BCUT2D eigenvalue weighted by Gasteiger charge is -2.06. The lowest BCUT2D eigenvalue weighted by molar-refractivity contribution is -0.390. The molecule has 18 heavy (non-hydrogen) atoms. The monoisotopic (exact) mass is 248 g/mol. The van der Waals surface area contributed by atoms with Crippen LogP contribution < -0.4 is 4.74 Å². The lowest BCUT2D eigenvalue weighted by atomic mass is 10.3. The van der Waals surface area contributed by atoms with Crippen molar-refractivity contribution < 1.29 is 9.66 Å². The molecule has 2 aromatic rings. The molecule has 0 fully saturated rings. The second kappa shape index (κ2) is 5.26. The molecular formula is C11H12N4O3. The number of hydrogen-bond acceptors (Lipinski definition) is 5. The van der Waals surface area contributed by atoms with E-state index in [0.717, 1.165) is 0 Å². The first kappa shape index (κ1) is 12.0. The molecule has 0 saturated heterocycles. The minimum Gasteiger partial charge on any atom is -0.484 e. The molecular weight excluding hydrogens is 236 g/mol. The van der Waals surface area contributed by atoms with Crippen LogP contribution in [0.3, 0.4) is 0 Å². The van der Waals surface area contributed by atoms with Gasteiger partial charge in [0.25, 0.3) is 0 Å². The van der Waals surface area contributed by atoms with Crippen LogP contribution in [0.1, 0.15) is 5.69 Å². The number of pyridine rings is 1. The van der Waals surface area contributed by atoms with Gasteiger partial charge >= 0.3 is 5.82 Å². The zero-order valence-corrected chi connectivity index (χ0v) is 9.81. The van der Waals surface area contributed by atoms with Gasteiger partial charge in [-0.05, 0) is 22.0 Å². The smallest absolute Gasteiger partial charge is 0.406 e. The van der Waals surface area contributed by atoms with Crippen molar-refractivity contribution in [2.45, 2.75) is 13.5 Å². The SMILES string of the molecule is Cc1ccc(OCCn2ccnc2)c([N+](=O)[O-])n1. The van der Waals surface area contributed by atoms with Crippen molar-refractivity contribution in [1.82, 2.24) is 14.5 Å². The highest BCUT2D eigenvalue weighted by Gasteiger charge is 2.17. The van der Waals surface area contributed by atoms with E-state index in [9.17, 15) is 10.1 Å². The van der Waals surface area contributed by atoms with Crippen molar-refractivity contribution in [1.29, 1.82) is 0 Å². The Morgan fingerprint density at radius 2 is 2.33 bits per heavy atom. The molecule has 2 rings (SSSR count). The largest absolute Gasteiger partial charge is 0.484 e. The Hall–Kier alpha value is -2.44. The summed E-state index contributed by atoms with van der Waals surface area (Å²) in [5.41, 5.74) is 0.587. The Balaban J connectivity index is 2.02. The van der Waals surface area contributed by atoms with Gasteiger partial charge in [-0.3, -0.25) is 0 Å². The summed E-state index contributed by atoms with van der Waals surface area (Å²) in [5, 5.41) is 10.8. The molecule has 0 radical (unpaired) electrons. The third-order valence-corrected chi connectivity index (χ3v) is 2.32. The molecule has 0 aliphatic heterocycles. The molecule has 0 amide bonds. The van der Waals surface area contributed by atoms with Gasteiger partial charge in [0.1, 0.15) is 12.3 Å². The summed E-state index contributed by atoms with van der Waals surface area (Å²) in [6.07, 6.45) is 5.12. The fourth-order valence-electron chi connectivity index (χ4n) is 1.45. The van der Waals surface area contributed by atoms with E-state index in [1.165, 1.54) is 0 Å². The van der Waals surface area contributed by atoms with Crippen LogP contribution in [0.25, 0.3) is 0 Å². The van der Waals surface area contributed by atoms with E-state index in [-0.39, 0.29) is 11.6 Å². The second-order valence-corrected chi connectivity index (χ2v) is 3.68. The van der Waals surface area contributed by atoms with Crippen molar-refractivity contribution in [3.05, 3.63) is 46.7 Å². The first-order chi connectivity index (χ1) is 8.66. The van der Waals surface area contributed by atoms with Gasteiger partial charge in [0.2, 0.25) is 5.75 Å². The first-order valence-corrected chi connectivity index (χ1v) is 5.37. The molecule has 0 bridgehead atoms. The fraction of sp³-hybridized carbons (Fsp3) is 0.273. The van der Waals surface area contributed by atoms with E-state index in [4.69, 9.17) is 4.74 Å². The van der Waals surface area contributed by atoms with Crippen LogP contribution in [-0.2, 0) is 6.54 Å². The predicted octanol–water partition coefficient (Wildman–Crippen LogP) is 1.57. The number of rotatable bonds is 5. The van der Waals surface area contributed by atoms with Gasteiger partial charge in [0.15, 0.2) is 0 Å². The zero-order valence-electron chi connectivity index (χ0n) is 9.81. The van der Waals surface area contributed by atoms with Crippen LogP contribution in [0.15, 0.2) is 30.9 Å². The van der Waals surface area contributed by atoms with Gasteiger partial charge < -0.3 is 19.4 Å². The number of aromatic nitrogens is 3. The van der Waals surface area contributed by atoms with Crippen LogP contribution in [0.4, 0.5) is 5.82 Å². The summed E-state index contributed by atoms with van der Waals surface area (Å²) in [6, 6.07) is 3.24. The normalized spacial score (nSPS) is 10.3. The maximum atomic E-state index is 10.8. The van der Waals surface area contributed by atoms with E-state index >= 15 is 0 Å². The van der Waals surface area contributed by atoms with Crippen molar-refractivity contribution in [2.24, 2.45) is 0 Å². The third kappa shape index (κ3) is 2.82. The van der Waals surface area contributed by atoms with Crippen molar-refractivity contribution in [3.8, 4) is 5.75 Å². The van der Waals surface area contributed by atoms with Gasteiger partial charge in [0.05, 0.1) is 12.9 Å². The van der Waals surface area contributed by atoms with Crippen molar-refractivity contribution in [3.63, 3.8) is 0 Å². The van der Waals surface area contributed by atoms with Crippen LogP contribution in [0, 0.1) is 17.0 Å². The second-order valence-electron chi connectivity index (χ2n) is 3.68. The molecule has 94 valence electrons. The molecule has 0 aliphatic carbocycles. The number of ether oxygens (including phenoxy) is 1. The predicted molar refractivity (Wildman–Crippen MR) is 63.4 cm³/mol. The molecule has 0 saturated carbocycles. The lowest BCUT2D eigenvalue weighted by Crippen LogP contribution is -2.08. The number of hydrogen-bond donors (Lipinski definition) is 0. The first-order valence-electron chi connectivity index (χ1n) is 5.37. The molecule has 0 aliphatic rings. The number of imidazole rings is 1. The summed E-state index contributed by atoms with van der Waals surface area (Å²) in [4.78, 5) is 18.0. The average molecular weight is 248 g/mol. The molecule has 0 spiro atoms. The molecule has 7 nitrogen and oxygen atoms in total. The van der Waals surface area contributed by atoms with Gasteiger partial charge in [-0.15, -0.1) is 0 Å². The zero-order chi connectivity index (χ0) is 13.0. The van der Waals surface area contributed by atoms with Crippen LogP contribution >= 0.6 is 0 Å². The number of nitro groups is 1. The Bertz CT molecular complexity index is 539. The highest BCUT2D eigenvalue weighted by molar-refractivity contribution is 5.40. The quantitative estimate of drug-likeness (QED) is 0.592. The van der Waals surface area contributed by atoms with Gasteiger partial charge in [0, 0.05) is 19.3 Å². The molecule has 0 atom stereocenters. The van der Waals surface area contributed by atoms with E-state index in [1.807, 2.05) is 4.57 Å². The average Bonchev–Trinajstić information content (AvgIpc) is 2.84. The number of aryl methyl sites for hydroxylation is 1. The maximum absolute atomic E-state index is 10.8. The van der Waals surface area contributed by atoms with Crippen LogP contribution in [0.2, 0.25) is 0 Å². The minimum absolute atomic E-state index is 0.186. The molecule has 2 heterocycles. The molecule has 0 N–H and O–H groups in total. The Labute approximate surface area is 103 Å². The molecule has 7 heteroatoms. The molecule has 0 aromatic carbocycles. The van der Waals surface area contributed by atoms with E-state index in [1.54, 1.807) is 37.8 Å². The van der Waals surface area contributed by atoms with Crippen LogP contribution in [-0.4, -0.2) is 26.1 Å². The van der Waals surface area contributed by atoms with Gasteiger partial charge in [-0.1, -0.05) is 0 Å².